The molecule has 2 N–H and O–H groups in total. The minimum Gasteiger partial charge on any atom is -0.507 e. The molecule has 2 unspecified atom stereocenters. The molecule has 0 bridgehead atoms. The second-order valence-electron chi connectivity index (χ2n) is 5.75. The number of hydrogen-bond acceptors (Lipinski definition) is 3. The smallest absolute Gasteiger partial charge is 0.123 e. The Morgan fingerprint density at radius 1 is 1.00 bits per heavy atom. The molecule has 1 aliphatic heterocycles. The third-order valence-electron chi connectivity index (χ3n) is 3.96. The van der Waals surface area contributed by atoms with E-state index in [4.69, 9.17) is 4.74 Å². The van der Waals surface area contributed by atoms with Gasteiger partial charge in [0.2, 0.25) is 0 Å². The topological polar surface area (TPSA) is 41.5 Å². The number of benzene rings is 2. The van der Waals surface area contributed by atoms with E-state index in [2.05, 4.69) is 25.2 Å². The Morgan fingerprint density at radius 3 is 2.40 bits per heavy atom. The lowest BCUT2D eigenvalue weighted by Gasteiger charge is -2.33. The SMILES string of the molecule is CC1CC(Nc2cccc3c(O)cccc23)CC(C)O1. The summed E-state index contributed by atoms with van der Waals surface area (Å²) in [6, 6.07) is 12.1. The zero-order valence-corrected chi connectivity index (χ0v) is 12.0. The maximum Gasteiger partial charge on any atom is 0.123 e. The van der Waals surface area contributed by atoms with Crippen LogP contribution in [0.3, 0.4) is 0 Å². The largest absolute Gasteiger partial charge is 0.507 e. The number of anilines is 1. The van der Waals surface area contributed by atoms with E-state index in [0.29, 0.717) is 24.0 Å². The summed E-state index contributed by atoms with van der Waals surface area (Å²) in [5.41, 5.74) is 1.09. The van der Waals surface area contributed by atoms with Gasteiger partial charge in [0.05, 0.1) is 12.2 Å². The molecule has 1 saturated heterocycles. The fourth-order valence-corrected chi connectivity index (χ4v) is 3.16. The lowest BCUT2D eigenvalue weighted by Crippen LogP contribution is -2.36. The summed E-state index contributed by atoms with van der Waals surface area (Å²) in [5.74, 6) is 0.333. The molecule has 0 spiro atoms. The second-order valence-corrected chi connectivity index (χ2v) is 5.75. The van der Waals surface area contributed by atoms with Crippen LogP contribution >= 0.6 is 0 Å². The summed E-state index contributed by atoms with van der Waals surface area (Å²) < 4.78 is 5.78. The van der Waals surface area contributed by atoms with Crippen LogP contribution in [0.4, 0.5) is 5.69 Å². The molecule has 2 atom stereocenters. The van der Waals surface area contributed by atoms with Crippen molar-refractivity contribution >= 4 is 16.5 Å². The molecule has 1 heterocycles. The van der Waals surface area contributed by atoms with Crippen LogP contribution < -0.4 is 5.32 Å². The van der Waals surface area contributed by atoms with Gasteiger partial charge in [0, 0.05) is 22.5 Å². The van der Waals surface area contributed by atoms with E-state index in [1.54, 1.807) is 6.07 Å². The number of phenolic OH excluding ortho intramolecular Hbond substituents is 1. The van der Waals surface area contributed by atoms with Crippen LogP contribution in [-0.2, 0) is 4.74 Å². The fourth-order valence-electron chi connectivity index (χ4n) is 3.16. The van der Waals surface area contributed by atoms with Crippen LogP contribution in [0.15, 0.2) is 36.4 Å². The third kappa shape index (κ3) is 2.59. The molecule has 3 heteroatoms. The van der Waals surface area contributed by atoms with Crippen molar-refractivity contribution in [3.8, 4) is 5.75 Å². The van der Waals surface area contributed by atoms with E-state index in [-0.39, 0.29) is 0 Å². The van der Waals surface area contributed by atoms with Gasteiger partial charge in [-0.3, -0.25) is 0 Å². The number of aromatic hydroxyl groups is 1. The Kier molecular flexibility index (Phi) is 3.53. The number of fused-ring (bicyclic) bond motifs is 1. The average molecular weight is 271 g/mol. The number of nitrogens with one attached hydrogen (secondary N) is 1. The second kappa shape index (κ2) is 5.33. The summed E-state index contributed by atoms with van der Waals surface area (Å²) in [4.78, 5) is 0. The van der Waals surface area contributed by atoms with Crippen LogP contribution in [0.25, 0.3) is 10.8 Å². The van der Waals surface area contributed by atoms with E-state index < -0.39 is 0 Å². The number of phenols is 1. The van der Waals surface area contributed by atoms with Gasteiger partial charge in [-0.05, 0) is 38.8 Å². The van der Waals surface area contributed by atoms with Crippen LogP contribution in [0.1, 0.15) is 26.7 Å². The molecule has 2 aromatic carbocycles. The highest BCUT2D eigenvalue weighted by molar-refractivity contribution is 5.97. The van der Waals surface area contributed by atoms with E-state index in [0.717, 1.165) is 29.3 Å². The van der Waals surface area contributed by atoms with E-state index >= 15 is 0 Å². The summed E-state index contributed by atoms with van der Waals surface area (Å²) in [6.07, 6.45) is 2.61. The minimum absolute atomic E-state index is 0.291. The minimum atomic E-state index is 0.291. The highest BCUT2D eigenvalue weighted by Gasteiger charge is 2.24. The first-order valence-electron chi connectivity index (χ1n) is 7.26. The molecular formula is C17H21NO2. The Bertz CT molecular complexity index is 601. The van der Waals surface area contributed by atoms with Gasteiger partial charge in [-0.25, -0.2) is 0 Å². The summed E-state index contributed by atoms with van der Waals surface area (Å²) in [5, 5.41) is 15.5. The van der Waals surface area contributed by atoms with Crippen molar-refractivity contribution in [1.82, 2.24) is 0 Å². The number of ether oxygens (including phenoxy) is 1. The summed E-state index contributed by atoms with van der Waals surface area (Å²) in [6.45, 7) is 4.25. The molecule has 0 aromatic heterocycles. The van der Waals surface area contributed by atoms with E-state index in [1.807, 2.05) is 24.3 Å². The van der Waals surface area contributed by atoms with Gasteiger partial charge in [0.1, 0.15) is 5.75 Å². The van der Waals surface area contributed by atoms with Gasteiger partial charge in [0.25, 0.3) is 0 Å². The predicted octanol–water partition coefficient (Wildman–Crippen LogP) is 3.91. The molecule has 3 nitrogen and oxygen atoms in total. The van der Waals surface area contributed by atoms with Crippen LogP contribution in [-0.4, -0.2) is 23.4 Å². The zero-order chi connectivity index (χ0) is 14.1. The molecule has 20 heavy (non-hydrogen) atoms. The standard InChI is InChI=1S/C17H21NO2/c1-11-9-13(10-12(2)20-11)18-16-7-3-6-15-14(16)5-4-8-17(15)19/h3-8,11-13,18-19H,9-10H2,1-2H3. The molecule has 1 fully saturated rings. The van der Waals surface area contributed by atoms with Crippen molar-refractivity contribution in [2.24, 2.45) is 0 Å². The number of hydrogen-bond donors (Lipinski definition) is 2. The lowest BCUT2D eigenvalue weighted by molar-refractivity contribution is -0.0337. The molecular weight excluding hydrogens is 250 g/mol. The highest BCUT2D eigenvalue weighted by Crippen LogP contribution is 2.31. The normalized spacial score (nSPS) is 26.6. The lowest BCUT2D eigenvalue weighted by atomic mass is 9.98. The van der Waals surface area contributed by atoms with Crippen molar-refractivity contribution in [3.05, 3.63) is 36.4 Å². The van der Waals surface area contributed by atoms with Crippen molar-refractivity contribution in [2.45, 2.75) is 44.9 Å². The monoisotopic (exact) mass is 271 g/mol. The quantitative estimate of drug-likeness (QED) is 0.870. The van der Waals surface area contributed by atoms with Crippen molar-refractivity contribution in [1.29, 1.82) is 0 Å². The Labute approximate surface area is 119 Å². The molecule has 2 aromatic rings. The molecule has 106 valence electrons. The van der Waals surface area contributed by atoms with Crippen LogP contribution in [0, 0.1) is 0 Å². The van der Waals surface area contributed by atoms with Crippen molar-refractivity contribution in [3.63, 3.8) is 0 Å². The van der Waals surface area contributed by atoms with Gasteiger partial charge in [-0.15, -0.1) is 0 Å². The average Bonchev–Trinajstić information content (AvgIpc) is 2.39. The van der Waals surface area contributed by atoms with Crippen molar-refractivity contribution < 1.29 is 9.84 Å². The van der Waals surface area contributed by atoms with Crippen LogP contribution in [0.2, 0.25) is 0 Å². The van der Waals surface area contributed by atoms with Gasteiger partial charge >= 0.3 is 0 Å². The van der Waals surface area contributed by atoms with E-state index in [9.17, 15) is 5.11 Å². The van der Waals surface area contributed by atoms with Crippen molar-refractivity contribution in [2.75, 3.05) is 5.32 Å². The zero-order valence-electron chi connectivity index (χ0n) is 12.0. The van der Waals surface area contributed by atoms with E-state index in [1.165, 1.54) is 0 Å². The third-order valence-corrected chi connectivity index (χ3v) is 3.96. The molecule has 0 radical (unpaired) electrons. The highest BCUT2D eigenvalue weighted by atomic mass is 16.5. The van der Waals surface area contributed by atoms with Crippen LogP contribution in [0.5, 0.6) is 5.75 Å². The molecule has 0 saturated carbocycles. The Balaban J connectivity index is 1.89. The maximum atomic E-state index is 9.94. The van der Waals surface area contributed by atoms with Gasteiger partial charge < -0.3 is 15.2 Å². The van der Waals surface area contributed by atoms with Gasteiger partial charge in [-0.2, -0.15) is 0 Å². The van der Waals surface area contributed by atoms with Gasteiger partial charge in [0.15, 0.2) is 0 Å². The molecule has 3 rings (SSSR count). The first-order valence-corrected chi connectivity index (χ1v) is 7.26. The molecule has 0 amide bonds. The first-order chi connectivity index (χ1) is 9.63. The number of rotatable bonds is 2. The first kappa shape index (κ1) is 13.3. The maximum absolute atomic E-state index is 9.94. The Hall–Kier alpha value is -1.74. The fraction of sp³-hybridized carbons (Fsp3) is 0.412. The molecule has 0 aliphatic carbocycles. The predicted molar refractivity (Wildman–Crippen MR) is 82.3 cm³/mol. The summed E-state index contributed by atoms with van der Waals surface area (Å²) in [7, 11) is 0. The Morgan fingerprint density at radius 2 is 1.65 bits per heavy atom. The summed E-state index contributed by atoms with van der Waals surface area (Å²) >= 11 is 0. The molecule has 1 aliphatic rings. The van der Waals surface area contributed by atoms with Gasteiger partial charge in [-0.1, -0.05) is 24.3 Å².